The number of nitrogens with two attached hydrogens (primary N) is 1. The molecule has 0 radical (unpaired) electrons. The standard InChI is InChI=1S/C28H38N4O2S/c1-5-31(6-2)24-18-14-22(15-19-24)27(29)28(30-35(33,34)26-12-10-9-11-13-26)23-16-20-25(21-17-23)32(7-3)8-4/h9-21,27-28,30H,5-8,29H2,1-4H3/t27-,28-/m0/s1. The maximum absolute atomic E-state index is 13.3. The van der Waals surface area contributed by atoms with Gasteiger partial charge in [-0.25, -0.2) is 13.1 Å². The van der Waals surface area contributed by atoms with Crippen LogP contribution in [0.1, 0.15) is 50.9 Å². The van der Waals surface area contributed by atoms with E-state index in [0.717, 1.165) is 48.7 Å². The van der Waals surface area contributed by atoms with Crippen LogP contribution in [-0.4, -0.2) is 34.6 Å². The van der Waals surface area contributed by atoms with Crippen molar-refractivity contribution in [3.05, 3.63) is 90.0 Å². The first-order chi connectivity index (χ1) is 16.8. The zero-order valence-corrected chi connectivity index (χ0v) is 22.0. The van der Waals surface area contributed by atoms with Crippen LogP contribution in [0, 0.1) is 0 Å². The third-order valence-electron chi connectivity index (χ3n) is 6.48. The molecule has 0 bridgehead atoms. The van der Waals surface area contributed by atoms with Gasteiger partial charge in [-0.2, -0.15) is 0 Å². The number of rotatable bonds is 12. The molecule has 3 aromatic carbocycles. The summed E-state index contributed by atoms with van der Waals surface area (Å²) < 4.78 is 29.4. The molecule has 0 aromatic heterocycles. The predicted molar refractivity (Wildman–Crippen MR) is 146 cm³/mol. The van der Waals surface area contributed by atoms with Crippen LogP contribution in [0.4, 0.5) is 11.4 Å². The van der Waals surface area contributed by atoms with Gasteiger partial charge >= 0.3 is 0 Å². The lowest BCUT2D eigenvalue weighted by molar-refractivity contribution is 0.504. The first-order valence-corrected chi connectivity index (χ1v) is 13.9. The maximum atomic E-state index is 13.3. The van der Waals surface area contributed by atoms with E-state index in [4.69, 9.17) is 5.73 Å². The van der Waals surface area contributed by atoms with Gasteiger partial charge in [0.15, 0.2) is 0 Å². The van der Waals surface area contributed by atoms with Gasteiger partial charge in [-0.15, -0.1) is 0 Å². The van der Waals surface area contributed by atoms with Crippen molar-refractivity contribution >= 4 is 21.4 Å². The quantitative estimate of drug-likeness (QED) is 0.366. The van der Waals surface area contributed by atoms with Gasteiger partial charge in [-0.1, -0.05) is 42.5 Å². The summed E-state index contributed by atoms with van der Waals surface area (Å²) in [5.41, 5.74) is 10.7. The summed E-state index contributed by atoms with van der Waals surface area (Å²) in [6.07, 6.45) is 0. The molecule has 0 fully saturated rings. The largest absolute Gasteiger partial charge is 0.372 e. The number of hydrogen-bond acceptors (Lipinski definition) is 5. The average Bonchev–Trinajstić information content (AvgIpc) is 2.90. The van der Waals surface area contributed by atoms with Crippen molar-refractivity contribution in [1.82, 2.24) is 4.72 Å². The fraction of sp³-hybridized carbons (Fsp3) is 0.357. The third-order valence-corrected chi connectivity index (χ3v) is 7.94. The molecule has 0 amide bonds. The molecule has 2 atom stereocenters. The zero-order valence-electron chi connectivity index (χ0n) is 21.2. The van der Waals surface area contributed by atoms with E-state index in [1.807, 2.05) is 36.4 Å². The van der Waals surface area contributed by atoms with E-state index in [1.54, 1.807) is 30.3 Å². The second-order valence-electron chi connectivity index (χ2n) is 8.47. The fourth-order valence-electron chi connectivity index (χ4n) is 4.35. The van der Waals surface area contributed by atoms with Crippen molar-refractivity contribution in [2.75, 3.05) is 36.0 Å². The van der Waals surface area contributed by atoms with E-state index in [0.29, 0.717) is 0 Å². The number of sulfonamides is 1. The van der Waals surface area contributed by atoms with Crippen LogP contribution in [0.15, 0.2) is 83.8 Å². The summed E-state index contributed by atoms with van der Waals surface area (Å²) in [6, 6.07) is 23.3. The van der Waals surface area contributed by atoms with Gasteiger partial charge in [0, 0.05) is 37.6 Å². The lowest BCUT2D eigenvalue weighted by Gasteiger charge is -2.28. The van der Waals surface area contributed by atoms with Crippen LogP contribution in [0.25, 0.3) is 0 Å². The number of hydrogen-bond donors (Lipinski definition) is 2. The molecule has 0 aliphatic rings. The van der Waals surface area contributed by atoms with Crippen LogP contribution in [0.5, 0.6) is 0 Å². The smallest absolute Gasteiger partial charge is 0.241 e. The Bertz CT molecular complexity index is 1140. The van der Waals surface area contributed by atoms with E-state index in [-0.39, 0.29) is 4.90 Å². The molecule has 0 saturated carbocycles. The van der Waals surface area contributed by atoms with Gasteiger partial charge in [-0.05, 0) is 75.2 Å². The molecule has 0 aliphatic heterocycles. The Labute approximate surface area is 210 Å². The van der Waals surface area contributed by atoms with Crippen molar-refractivity contribution < 1.29 is 8.42 Å². The van der Waals surface area contributed by atoms with Gasteiger partial charge in [0.1, 0.15) is 0 Å². The highest BCUT2D eigenvalue weighted by atomic mass is 32.2. The molecule has 35 heavy (non-hydrogen) atoms. The lowest BCUT2D eigenvalue weighted by Crippen LogP contribution is -2.36. The predicted octanol–water partition coefficient (Wildman–Crippen LogP) is 5.10. The van der Waals surface area contributed by atoms with Gasteiger partial charge in [0.05, 0.1) is 17.0 Å². The Morgan fingerprint density at radius 2 is 1.11 bits per heavy atom. The van der Waals surface area contributed by atoms with Crippen molar-refractivity contribution in [3.63, 3.8) is 0 Å². The molecule has 0 spiro atoms. The number of benzene rings is 3. The van der Waals surface area contributed by atoms with E-state index < -0.39 is 22.1 Å². The molecular weight excluding hydrogens is 456 g/mol. The number of nitrogens with zero attached hydrogens (tertiary/aromatic N) is 2. The minimum atomic E-state index is -3.77. The molecule has 7 heteroatoms. The lowest BCUT2D eigenvalue weighted by atomic mass is 9.94. The summed E-state index contributed by atoms with van der Waals surface area (Å²) >= 11 is 0. The fourth-order valence-corrected chi connectivity index (χ4v) is 5.62. The Morgan fingerprint density at radius 3 is 1.54 bits per heavy atom. The summed E-state index contributed by atoms with van der Waals surface area (Å²) in [6.45, 7) is 12.1. The molecule has 0 saturated heterocycles. The van der Waals surface area contributed by atoms with Gasteiger partial charge in [0.25, 0.3) is 0 Å². The Morgan fingerprint density at radius 1 is 0.686 bits per heavy atom. The third kappa shape index (κ3) is 6.42. The van der Waals surface area contributed by atoms with Crippen LogP contribution < -0.4 is 20.3 Å². The number of anilines is 2. The average molecular weight is 495 g/mol. The van der Waals surface area contributed by atoms with E-state index in [9.17, 15) is 8.42 Å². The summed E-state index contributed by atoms with van der Waals surface area (Å²) in [4.78, 5) is 4.73. The van der Waals surface area contributed by atoms with Gasteiger partial charge in [-0.3, -0.25) is 0 Å². The van der Waals surface area contributed by atoms with Crippen LogP contribution in [0.3, 0.4) is 0 Å². The van der Waals surface area contributed by atoms with Gasteiger partial charge in [0.2, 0.25) is 10.0 Å². The SMILES string of the molecule is CCN(CC)c1ccc([C@H](N)[C@@H](NS(=O)(=O)c2ccccc2)c2ccc(N(CC)CC)cc2)cc1. The Kier molecular flexibility index (Phi) is 9.32. The summed E-state index contributed by atoms with van der Waals surface area (Å²) in [7, 11) is -3.77. The van der Waals surface area contributed by atoms with Crippen LogP contribution in [0.2, 0.25) is 0 Å². The summed E-state index contributed by atoms with van der Waals surface area (Å²) in [5, 5.41) is 0. The minimum Gasteiger partial charge on any atom is -0.372 e. The van der Waals surface area contributed by atoms with Crippen LogP contribution >= 0.6 is 0 Å². The molecule has 3 aromatic rings. The van der Waals surface area contributed by atoms with E-state index in [2.05, 4.69) is 54.3 Å². The van der Waals surface area contributed by atoms with E-state index >= 15 is 0 Å². The second kappa shape index (κ2) is 12.2. The van der Waals surface area contributed by atoms with E-state index in [1.165, 1.54) is 0 Å². The van der Waals surface area contributed by atoms with Crippen LogP contribution in [-0.2, 0) is 10.0 Å². The summed E-state index contributed by atoms with van der Waals surface area (Å²) in [5.74, 6) is 0. The molecule has 0 unspecified atom stereocenters. The molecule has 188 valence electrons. The Balaban J connectivity index is 1.97. The Hall–Kier alpha value is -2.87. The molecule has 0 aliphatic carbocycles. The zero-order chi connectivity index (χ0) is 25.4. The maximum Gasteiger partial charge on any atom is 0.241 e. The van der Waals surface area contributed by atoms with Crippen molar-refractivity contribution in [1.29, 1.82) is 0 Å². The van der Waals surface area contributed by atoms with Crippen molar-refractivity contribution in [3.8, 4) is 0 Å². The molecule has 6 nitrogen and oxygen atoms in total. The molecule has 3 N–H and O–H groups in total. The monoisotopic (exact) mass is 494 g/mol. The minimum absolute atomic E-state index is 0.217. The van der Waals surface area contributed by atoms with Crippen molar-refractivity contribution in [2.24, 2.45) is 5.73 Å². The topological polar surface area (TPSA) is 78.7 Å². The highest BCUT2D eigenvalue weighted by Gasteiger charge is 2.28. The first-order valence-electron chi connectivity index (χ1n) is 12.4. The molecular formula is C28H38N4O2S. The van der Waals surface area contributed by atoms with Crippen molar-refractivity contribution in [2.45, 2.75) is 44.7 Å². The highest BCUT2D eigenvalue weighted by molar-refractivity contribution is 7.89. The molecule has 3 rings (SSSR count). The highest BCUT2D eigenvalue weighted by Crippen LogP contribution is 2.31. The molecule has 0 heterocycles. The number of nitrogens with one attached hydrogen (secondary N) is 1. The normalized spacial score (nSPS) is 13.3. The van der Waals surface area contributed by atoms with Gasteiger partial charge < -0.3 is 15.5 Å². The second-order valence-corrected chi connectivity index (χ2v) is 10.2. The first kappa shape index (κ1) is 26.7.